The number of para-hydroxylation sites is 1. The number of anilines is 1. The van der Waals surface area contributed by atoms with E-state index in [1.807, 2.05) is 17.0 Å². The molecule has 1 rings (SSSR count). The van der Waals surface area contributed by atoms with E-state index in [1.165, 1.54) is 0 Å². The van der Waals surface area contributed by atoms with Gasteiger partial charge in [-0.2, -0.15) is 0 Å². The van der Waals surface area contributed by atoms with Crippen molar-refractivity contribution in [2.24, 2.45) is 0 Å². The molecule has 88 valence electrons. The molecule has 0 radical (unpaired) electrons. The van der Waals surface area contributed by atoms with Crippen LogP contribution in [0, 0.1) is 0 Å². The van der Waals surface area contributed by atoms with Crippen molar-refractivity contribution in [1.82, 2.24) is 0 Å². The van der Waals surface area contributed by atoms with Gasteiger partial charge in [-0.25, -0.2) is 0 Å². The summed E-state index contributed by atoms with van der Waals surface area (Å²) in [5.41, 5.74) is 1.27. The molecule has 2 nitrogen and oxygen atoms in total. The molecular formula is C11H12Cl3NO. The van der Waals surface area contributed by atoms with Crippen LogP contribution in [0.2, 0.25) is 0 Å². The van der Waals surface area contributed by atoms with Gasteiger partial charge >= 0.3 is 0 Å². The zero-order chi connectivity index (χ0) is 12.0. The fourth-order valence-corrected chi connectivity index (χ4v) is 2.04. The van der Waals surface area contributed by atoms with Crippen LogP contribution in [0.1, 0.15) is 10.4 Å². The van der Waals surface area contributed by atoms with Gasteiger partial charge in [-0.1, -0.05) is 12.1 Å². The molecule has 0 saturated heterocycles. The van der Waals surface area contributed by atoms with E-state index < -0.39 is 5.24 Å². The number of alkyl halides is 2. The number of nitrogens with zero attached hydrogens (tertiary/aromatic N) is 1. The van der Waals surface area contributed by atoms with E-state index in [0.717, 1.165) is 5.69 Å². The monoisotopic (exact) mass is 279 g/mol. The molecule has 1 aromatic rings. The van der Waals surface area contributed by atoms with E-state index in [2.05, 4.69) is 0 Å². The van der Waals surface area contributed by atoms with Crippen LogP contribution in [0.25, 0.3) is 0 Å². The Kier molecular flexibility index (Phi) is 5.96. The summed E-state index contributed by atoms with van der Waals surface area (Å²) in [4.78, 5) is 13.2. The van der Waals surface area contributed by atoms with Crippen LogP contribution < -0.4 is 4.90 Å². The molecule has 0 atom stereocenters. The highest BCUT2D eigenvalue weighted by molar-refractivity contribution is 6.68. The van der Waals surface area contributed by atoms with Gasteiger partial charge in [0.15, 0.2) is 0 Å². The first-order valence-corrected chi connectivity index (χ1v) is 6.31. The second kappa shape index (κ2) is 7.00. The zero-order valence-electron chi connectivity index (χ0n) is 8.63. The lowest BCUT2D eigenvalue weighted by Gasteiger charge is -2.24. The van der Waals surface area contributed by atoms with Gasteiger partial charge in [0.2, 0.25) is 0 Å². The summed E-state index contributed by atoms with van der Waals surface area (Å²) in [7, 11) is 0. The number of hydrogen-bond acceptors (Lipinski definition) is 2. The zero-order valence-corrected chi connectivity index (χ0v) is 10.9. The van der Waals surface area contributed by atoms with Crippen LogP contribution in [0.3, 0.4) is 0 Å². The molecule has 0 saturated carbocycles. The number of rotatable bonds is 6. The molecule has 0 aliphatic carbocycles. The maximum Gasteiger partial charge on any atom is 0.254 e. The average molecular weight is 281 g/mol. The first-order chi connectivity index (χ1) is 7.70. The topological polar surface area (TPSA) is 20.3 Å². The van der Waals surface area contributed by atoms with E-state index in [0.29, 0.717) is 30.4 Å². The third-order valence-corrected chi connectivity index (χ3v) is 2.71. The Hall–Kier alpha value is -0.440. The minimum absolute atomic E-state index is 0.468. The van der Waals surface area contributed by atoms with Gasteiger partial charge in [0.25, 0.3) is 5.24 Å². The molecule has 0 aliphatic heterocycles. The summed E-state index contributed by atoms with van der Waals surface area (Å²) < 4.78 is 0. The van der Waals surface area contributed by atoms with E-state index in [-0.39, 0.29) is 0 Å². The maximum absolute atomic E-state index is 11.3. The molecule has 0 N–H and O–H groups in total. The Bertz CT molecular complexity index is 351. The lowest BCUT2D eigenvalue weighted by molar-refractivity contribution is 0.108. The van der Waals surface area contributed by atoms with Crippen LogP contribution in [-0.2, 0) is 0 Å². The second-order valence-corrected chi connectivity index (χ2v) is 4.26. The van der Waals surface area contributed by atoms with Crippen molar-refractivity contribution in [1.29, 1.82) is 0 Å². The van der Waals surface area contributed by atoms with Gasteiger partial charge in [-0.3, -0.25) is 4.79 Å². The smallest absolute Gasteiger partial charge is 0.254 e. The third kappa shape index (κ3) is 3.55. The molecule has 0 aliphatic rings. The Morgan fingerprint density at radius 3 is 2.19 bits per heavy atom. The molecule has 0 amide bonds. The maximum atomic E-state index is 11.3. The number of hydrogen-bond donors (Lipinski definition) is 0. The highest BCUT2D eigenvalue weighted by Crippen LogP contribution is 2.22. The molecular weight excluding hydrogens is 268 g/mol. The van der Waals surface area contributed by atoms with Crippen LogP contribution >= 0.6 is 34.8 Å². The van der Waals surface area contributed by atoms with Crippen LogP contribution in [0.5, 0.6) is 0 Å². The van der Waals surface area contributed by atoms with Crippen molar-refractivity contribution in [2.75, 3.05) is 29.7 Å². The predicted molar refractivity (Wildman–Crippen MR) is 70.3 cm³/mol. The lowest BCUT2D eigenvalue weighted by Crippen LogP contribution is -2.28. The van der Waals surface area contributed by atoms with Gasteiger partial charge in [-0.05, 0) is 23.7 Å². The summed E-state index contributed by atoms with van der Waals surface area (Å²) in [5.74, 6) is 0.948. The summed E-state index contributed by atoms with van der Waals surface area (Å²) in [6.07, 6.45) is 0. The molecule has 0 heterocycles. The highest BCUT2D eigenvalue weighted by atomic mass is 35.5. The highest BCUT2D eigenvalue weighted by Gasteiger charge is 2.13. The standard InChI is InChI=1S/C11H12Cl3NO/c12-5-7-15(8-6-13)10-4-2-1-3-9(10)11(14)16/h1-4H,5-8H2. The Labute approximate surface area is 110 Å². The van der Waals surface area contributed by atoms with Gasteiger partial charge in [0.1, 0.15) is 0 Å². The number of carbonyl (C=O) groups excluding carboxylic acids is 1. The Morgan fingerprint density at radius 2 is 1.69 bits per heavy atom. The van der Waals surface area contributed by atoms with Crippen LogP contribution in [-0.4, -0.2) is 30.1 Å². The first-order valence-electron chi connectivity index (χ1n) is 4.86. The predicted octanol–water partition coefficient (Wildman–Crippen LogP) is 3.35. The molecule has 5 heteroatoms. The number of halogens is 3. The van der Waals surface area contributed by atoms with Gasteiger partial charge in [0, 0.05) is 30.5 Å². The molecule has 0 spiro atoms. The number of carbonyl (C=O) groups is 1. The molecule has 0 bridgehead atoms. The van der Waals surface area contributed by atoms with Crippen molar-refractivity contribution < 1.29 is 4.79 Å². The summed E-state index contributed by atoms with van der Waals surface area (Å²) in [5, 5.41) is -0.468. The summed E-state index contributed by atoms with van der Waals surface area (Å²) in [6.45, 7) is 1.27. The quantitative estimate of drug-likeness (QED) is 0.588. The minimum atomic E-state index is -0.468. The van der Waals surface area contributed by atoms with E-state index in [9.17, 15) is 4.79 Å². The lowest BCUT2D eigenvalue weighted by atomic mass is 10.1. The average Bonchev–Trinajstić information content (AvgIpc) is 2.29. The summed E-state index contributed by atoms with van der Waals surface area (Å²) in [6, 6.07) is 7.17. The molecule has 16 heavy (non-hydrogen) atoms. The fourth-order valence-electron chi connectivity index (χ4n) is 1.47. The third-order valence-electron chi connectivity index (χ3n) is 2.17. The molecule has 0 aromatic heterocycles. The van der Waals surface area contributed by atoms with Crippen molar-refractivity contribution in [3.63, 3.8) is 0 Å². The van der Waals surface area contributed by atoms with Crippen molar-refractivity contribution in [3.8, 4) is 0 Å². The largest absolute Gasteiger partial charge is 0.369 e. The van der Waals surface area contributed by atoms with Gasteiger partial charge < -0.3 is 4.90 Å². The minimum Gasteiger partial charge on any atom is -0.369 e. The van der Waals surface area contributed by atoms with Crippen molar-refractivity contribution in [2.45, 2.75) is 0 Å². The van der Waals surface area contributed by atoms with Gasteiger partial charge in [-0.15, -0.1) is 23.2 Å². The fraction of sp³-hybridized carbons (Fsp3) is 0.364. The second-order valence-electron chi connectivity index (χ2n) is 3.16. The Balaban J connectivity index is 3.02. The SMILES string of the molecule is O=C(Cl)c1ccccc1N(CCCl)CCCl. The van der Waals surface area contributed by atoms with Crippen molar-refractivity contribution in [3.05, 3.63) is 29.8 Å². The molecule has 1 aromatic carbocycles. The van der Waals surface area contributed by atoms with Crippen LogP contribution in [0.15, 0.2) is 24.3 Å². The molecule has 0 unspecified atom stereocenters. The van der Waals surface area contributed by atoms with E-state index >= 15 is 0 Å². The summed E-state index contributed by atoms with van der Waals surface area (Å²) >= 11 is 16.9. The van der Waals surface area contributed by atoms with Crippen molar-refractivity contribution >= 4 is 45.7 Å². The number of benzene rings is 1. The van der Waals surface area contributed by atoms with Crippen LogP contribution in [0.4, 0.5) is 5.69 Å². The van der Waals surface area contributed by atoms with Gasteiger partial charge in [0.05, 0.1) is 5.56 Å². The van der Waals surface area contributed by atoms with E-state index in [1.54, 1.807) is 12.1 Å². The Morgan fingerprint density at radius 1 is 1.12 bits per heavy atom. The normalized spacial score (nSPS) is 10.2. The first kappa shape index (κ1) is 13.6. The van der Waals surface area contributed by atoms with E-state index in [4.69, 9.17) is 34.8 Å². The molecule has 0 fully saturated rings.